The number of aromatic nitrogens is 3. The van der Waals surface area contributed by atoms with Crippen LogP contribution in [-0.2, 0) is 0 Å². The summed E-state index contributed by atoms with van der Waals surface area (Å²) < 4.78 is 15.1. The van der Waals surface area contributed by atoms with E-state index in [9.17, 15) is 19.2 Å². The van der Waals surface area contributed by atoms with Crippen LogP contribution in [0.5, 0.6) is 0 Å². The van der Waals surface area contributed by atoms with Crippen molar-refractivity contribution in [3.05, 3.63) is 87.1 Å². The Labute approximate surface area is 170 Å². The first kappa shape index (κ1) is 19.1. The van der Waals surface area contributed by atoms with Crippen LogP contribution < -0.4 is 10.7 Å². The number of benzene rings is 2. The van der Waals surface area contributed by atoms with Crippen molar-refractivity contribution in [2.24, 2.45) is 0 Å². The molecule has 0 atom stereocenters. The minimum atomic E-state index is -0.750. The number of carbonyl (C=O) groups excluding carboxylic acids is 1. The quantitative estimate of drug-likeness (QED) is 0.548. The first-order valence-electron chi connectivity index (χ1n) is 9.09. The van der Waals surface area contributed by atoms with Crippen LogP contribution in [0.4, 0.5) is 10.1 Å². The number of nitrogens with zero attached hydrogens (tertiary/aromatic N) is 3. The van der Waals surface area contributed by atoms with Gasteiger partial charge in [0.05, 0.1) is 22.6 Å². The van der Waals surface area contributed by atoms with Gasteiger partial charge >= 0.3 is 0 Å². The Morgan fingerprint density at radius 2 is 1.93 bits per heavy atom. The molecule has 0 bridgehead atoms. The third-order valence-electron chi connectivity index (χ3n) is 4.76. The van der Waals surface area contributed by atoms with Gasteiger partial charge in [0.1, 0.15) is 17.4 Å². The lowest BCUT2D eigenvalue weighted by Gasteiger charge is -2.10. The Balaban J connectivity index is 1.84. The molecule has 0 unspecified atom stereocenters. The molecule has 0 fully saturated rings. The van der Waals surface area contributed by atoms with Gasteiger partial charge in [0, 0.05) is 11.3 Å². The van der Waals surface area contributed by atoms with Crippen molar-refractivity contribution in [2.45, 2.75) is 13.8 Å². The molecule has 0 aliphatic heterocycles. The molecule has 2 aromatic carbocycles. The van der Waals surface area contributed by atoms with E-state index in [-0.39, 0.29) is 22.5 Å². The highest BCUT2D eigenvalue weighted by atomic mass is 19.1. The van der Waals surface area contributed by atoms with Crippen molar-refractivity contribution in [2.75, 3.05) is 5.32 Å². The summed E-state index contributed by atoms with van der Waals surface area (Å²) in [6.45, 7) is 3.38. The topological polar surface area (TPSA) is 103 Å². The van der Waals surface area contributed by atoms with Crippen LogP contribution in [0.2, 0.25) is 0 Å². The monoisotopic (exact) mass is 401 g/mol. The Morgan fingerprint density at radius 3 is 2.63 bits per heavy atom. The standard InChI is InChI=1S/C22H16FN5O2/c1-12-18(22(30)26-17-10-16(23)9-8-15(17)11-24)20(29)21-25-13(2)19(28(21)27-12)14-6-4-3-5-7-14/h3-10,27H,1-2H3,(H,26,30). The molecule has 2 N–H and O–H groups in total. The molecule has 7 nitrogen and oxygen atoms in total. The van der Waals surface area contributed by atoms with Crippen molar-refractivity contribution >= 4 is 17.2 Å². The van der Waals surface area contributed by atoms with Gasteiger partial charge in [-0.15, -0.1) is 0 Å². The SMILES string of the molecule is Cc1nc2c(=O)c(C(=O)Nc3cc(F)ccc3C#N)c(C)[nH]n2c1-c1ccccc1. The Morgan fingerprint density at radius 1 is 1.20 bits per heavy atom. The van der Waals surface area contributed by atoms with Crippen LogP contribution in [-0.4, -0.2) is 20.5 Å². The highest BCUT2D eigenvalue weighted by Gasteiger charge is 2.22. The fourth-order valence-electron chi connectivity index (χ4n) is 3.41. The number of carbonyl (C=O) groups is 1. The molecule has 4 rings (SSSR count). The summed E-state index contributed by atoms with van der Waals surface area (Å²) in [6, 6.07) is 14.8. The van der Waals surface area contributed by atoms with Gasteiger partial charge < -0.3 is 5.32 Å². The fraction of sp³-hybridized carbons (Fsp3) is 0.0909. The molecular formula is C22H16FN5O2. The lowest BCUT2D eigenvalue weighted by atomic mass is 10.1. The van der Waals surface area contributed by atoms with Gasteiger partial charge in [0.15, 0.2) is 0 Å². The Bertz CT molecular complexity index is 1400. The number of nitrogens with one attached hydrogen (secondary N) is 2. The molecule has 148 valence electrons. The van der Waals surface area contributed by atoms with Crippen LogP contribution in [0.1, 0.15) is 27.3 Å². The van der Waals surface area contributed by atoms with Gasteiger partial charge in [-0.2, -0.15) is 5.26 Å². The molecule has 0 spiro atoms. The number of H-pyrrole nitrogens is 1. The summed E-state index contributed by atoms with van der Waals surface area (Å²) in [5.74, 6) is -1.36. The number of nitriles is 1. The van der Waals surface area contributed by atoms with Gasteiger partial charge in [0.2, 0.25) is 11.1 Å². The first-order valence-corrected chi connectivity index (χ1v) is 9.09. The van der Waals surface area contributed by atoms with Crippen molar-refractivity contribution in [1.29, 1.82) is 5.26 Å². The number of amides is 1. The molecule has 0 saturated carbocycles. The number of halogens is 1. The Kier molecular flexibility index (Phi) is 4.64. The number of fused-ring (bicyclic) bond motifs is 1. The maximum Gasteiger partial charge on any atom is 0.261 e. The lowest BCUT2D eigenvalue weighted by Crippen LogP contribution is -2.26. The zero-order valence-electron chi connectivity index (χ0n) is 16.2. The van der Waals surface area contributed by atoms with E-state index in [4.69, 9.17) is 0 Å². The van der Waals surface area contributed by atoms with E-state index in [0.29, 0.717) is 11.4 Å². The van der Waals surface area contributed by atoms with E-state index in [1.54, 1.807) is 18.4 Å². The zero-order valence-corrected chi connectivity index (χ0v) is 16.2. The third-order valence-corrected chi connectivity index (χ3v) is 4.76. The molecule has 30 heavy (non-hydrogen) atoms. The predicted molar refractivity (Wildman–Crippen MR) is 110 cm³/mol. The van der Waals surface area contributed by atoms with Crippen LogP contribution in [0.3, 0.4) is 0 Å². The van der Waals surface area contributed by atoms with Crippen molar-refractivity contribution in [3.8, 4) is 17.3 Å². The average Bonchev–Trinajstić information content (AvgIpc) is 3.05. The van der Waals surface area contributed by atoms with Gasteiger partial charge in [0.25, 0.3) is 5.91 Å². The summed E-state index contributed by atoms with van der Waals surface area (Å²) in [5, 5.41) is 14.7. The summed E-state index contributed by atoms with van der Waals surface area (Å²) in [6.07, 6.45) is 0. The van der Waals surface area contributed by atoms with E-state index in [0.717, 1.165) is 23.4 Å². The van der Waals surface area contributed by atoms with E-state index < -0.39 is 17.2 Å². The molecule has 8 heteroatoms. The Hall–Kier alpha value is -4.25. The van der Waals surface area contributed by atoms with Crippen LogP contribution in [0, 0.1) is 31.0 Å². The molecule has 0 aliphatic carbocycles. The predicted octanol–water partition coefficient (Wildman–Crippen LogP) is 3.57. The number of aryl methyl sites for hydroxylation is 2. The zero-order chi connectivity index (χ0) is 21.4. The van der Waals surface area contributed by atoms with Gasteiger partial charge in [-0.05, 0) is 32.0 Å². The second kappa shape index (κ2) is 7.29. The molecule has 4 aromatic rings. The summed E-state index contributed by atoms with van der Waals surface area (Å²) in [7, 11) is 0. The molecule has 0 saturated heterocycles. The number of anilines is 1. The molecule has 0 aliphatic rings. The van der Waals surface area contributed by atoms with Crippen molar-refractivity contribution < 1.29 is 9.18 Å². The maximum atomic E-state index is 13.6. The molecule has 0 radical (unpaired) electrons. The average molecular weight is 401 g/mol. The van der Waals surface area contributed by atoms with Crippen molar-refractivity contribution in [1.82, 2.24) is 14.6 Å². The van der Waals surface area contributed by atoms with Crippen molar-refractivity contribution in [3.63, 3.8) is 0 Å². The molecule has 2 heterocycles. The molecular weight excluding hydrogens is 385 g/mol. The minimum absolute atomic E-state index is 0.00864. The van der Waals surface area contributed by atoms with Crippen LogP contribution in [0.25, 0.3) is 16.9 Å². The number of rotatable bonds is 3. The van der Waals surface area contributed by atoms with Crippen LogP contribution >= 0.6 is 0 Å². The fourth-order valence-corrected chi connectivity index (χ4v) is 3.41. The maximum absolute atomic E-state index is 13.6. The minimum Gasteiger partial charge on any atom is -0.320 e. The summed E-state index contributed by atoms with van der Waals surface area (Å²) in [4.78, 5) is 30.3. The summed E-state index contributed by atoms with van der Waals surface area (Å²) in [5.41, 5.74) is 1.96. The van der Waals surface area contributed by atoms with E-state index in [1.165, 1.54) is 6.07 Å². The number of hydrogen-bond acceptors (Lipinski definition) is 4. The second-order valence-corrected chi connectivity index (χ2v) is 6.77. The number of aromatic amines is 1. The second-order valence-electron chi connectivity index (χ2n) is 6.77. The highest BCUT2D eigenvalue weighted by Crippen LogP contribution is 2.24. The van der Waals surface area contributed by atoms with Gasteiger partial charge in [-0.1, -0.05) is 30.3 Å². The first-order chi connectivity index (χ1) is 14.4. The molecule has 1 amide bonds. The third kappa shape index (κ3) is 3.12. The highest BCUT2D eigenvalue weighted by molar-refractivity contribution is 6.06. The lowest BCUT2D eigenvalue weighted by molar-refractivity contribution is 0.102. The van der Waals surface area contributed by atoms with Gasteiger partial charge in [-0.3, -0.25) is 14.7 Å². The molecule has 2 aromatic heterocycles. The van der Waals surface area contributed by atoms with E-state index in [1.807, 2.05) is 36.4 Å². The normalized spacial score (nSPS) is 10.7. The smallest absolute Gasteiger partial charge is 0.261 e. The van der Waals surface area contributed by atoms with Crippen LogP contribution in [0.15, 0.2) is 53.3 Å². The largest absolute Gasteiger partial charge is 0.320 e. The number of imidazole rings is 1. The van der Waals surface area contributed by atoms with E-state index >= 15 is 0 Å². The van der Waals surface area contributed by atoms with Gasteiger partial charge in [-0.25, -0.2) is 13.9 Å². The number of hydrogen-bond donors (Lipinski definition) is 2. The summed E-state index contributed by atoms with van der Waals surface area (Å²) >= 11 is 0. The van der Waals surface area contributed by atoms with E-state index in [2.05, 4.69) is 15.4 Å².